The maximum atomic E-state index is 12.8. The van der Waals surface area contributed by atoms with Gasteiger partial charge >= 0.3 is 0 Å². The number of thioether (sulfide) groups is 1. The molecule has 1 atom stereocenters. The second-order valence-electron chi connectivity index (χ2n) is 7.70. The Balaban J connectivity index is 1.37. The Morgan fingerprint density at radius 2 is 1.75 bits per heavy atom. The fourth-order valence-corrected chi connectivity index (χ4v) is 5.03. The first-order valence-corrected chi connectivity index (χ1v) is 12.8. The Kier molecular flexibility index (Phi) is 8.24. The Labute approximate surface area is 217 Å². The minimum Gasteiger partial charge on any atom is -0.497 e. The van der Waals surface area contributed by atoms with E-state index >= 15 is 0 Å². The number of benzene rings is 3. The minimum absolute atomic E-state index is 0.160. The third kappa shape index (κ3) is 6.24. The van der Waals surface area contributed by atoms with Crippen molar-refractivity contribution in [2.45, 2.75) is 17.1 Å². The van der Waals surface area contributed by atoms with E-state index in [4.69, 9.17) is 9.47 Å². The summed E-state index contributed by atoms with van der Waals surface area (Å²) in [5.74, 6) is 0.938. The van der Waals surface area contributed by atoms with Crippen LogP contribution in [0.25, 0.3) is 11.3 Å². The van der Waals surface area contributed by atoms with Gasteiger partial charge in [-0.15, -0.1) is 23.1 Å². The monoisotopic (exact) mass is 519 g/mol. The van der Waals surface area contributed by atoms with E-state index in [1.807, 2.05) is 60.8 Å². The van der Waals surface area contributed by atoms with Crippen LogP contribution >= 0.6 is 23.1 Å². The number of nitrogens with one attached hydrogen (secondary N) is 2. The third-order valence-corrected chi connectivity index (χ3v) is 7.07. The van der Waals surface area contributed by atoms with Crippen molar-refractivity contribution in [3.63, 3.8) is 0 Å². The fourth-order valence-electron chi connectivity index (χ4n) is 3.39. The van der Waals surface area contributed by atoms with Gasteiger partial charge in [-0.2, -0.15) is 0 Å². The fraction of sp³-hybridized carbons (Fsp3) is 0.148. The summed E-state index contributed by atoms with van der Waals surface area (Å²) in [6, 6.07) is 22.0. The molecule has 4 rings (SSSR count). The third-order valence-electron chi connectivity index (χ3n) is 5.22. The van der Waals surface area contributed by atoms with Crippen molar-refractivity contribution in [1.82, 2.24) is 4.98 Å². The second kappa shape index (κ2) is 11.7. The first kappa shape index (κ1) is 25.3. The van der Waals surface area contributed by atoms with Gasteiger partial charge in [-0.05, 0) is 55.5 Å². The number of amides is 2. The molecule has 0 aliphatic heterocycles. The van der Waals surface area contributed by atoms with Gasteiger partial charge in [-0.3, -0.25) is 9.59 Å². The van der Waals surface area contributed by atoms with Crippen LogP contribution in [0.4, 0.5) is 10.8 Å². The number of hydrogen-bond donors (Lipinski definition) is 2. The van der Waals surface area contributed by atoms with E-state index in [0.29, 0.717) is 22.1 Å². The van der Waals surface area contributed by atoms with Crippen LogP contribution in [0.2, 0.25) is 0 Å². The Morgan fingerprint density at radius 1 is 0.944 bits per heavy atom. The zero-order valence-electron chi connectivity index (χ0n) is 20.0. The molecule has 1 aromatic heterocycles. The van der Waals surface area contributed by atoms with Crippen LogP contribution in [0.5, 0.6) is 11.5 Å². The summed E-state index contributed by atoms with van der Waals surface area (Å²) in [4.78, 5) is 30.8. The van der Waals surface area contributed by atoms with Gasteiger partial charge in [-0.25, -0.2) is 4.98 Å². The lowest BCUT2D eigenvalue weighted by Gasteiger charge is -2.12. The highest BCUT2D eigenvalue weighted by molar-refractivity contribution is 8.00. The summed E-state index contributed by atoms with van der Waals surface area (Å²) in [5.41, 5.74) is 2.75. The summed E-state index contributed by atoms with van der Waals surface area (Å²) in [6.07, 6.45) is 0. The van der Waals surface area contributed by atoms with Crippen molar-refractivity contribution >= 4 is 45.7 Å². The molecule has 2 N–H and O–H groups in total. The van der Waals surface area contributed by atoms with Crippen molar-refractivity contribution in [3.8, 4) is 22.8 Å². The molecule has 0 fully saturated rings. The minimum atomic E-state index is -0.382. The molecule has 9 heteroatoms. The van der Waals surface area contributed by atoms with Crippen molar-refractivity contribution in [1.29, 1.82) is 0 Å². The molecule has 0 spiro atoms. The van der Waals surface area contributed by atoms with Gasteiger partial charge in [0.25, 0.3) is 5.91 Å². The van der Waals surface area contributed by atoms with Crippen LogP contribution in [-0.4, -0.2) is 36.3 Å². The number of anilines is 2. The molecule has 2 amide bonds. The van der Waals surface area contributed by atoms with Crippen LogP contribution in [0.1, 0.15) is 17.3 Å². The number of aromatic nitrogens is 1. The smallest absolute Gasteiger partial charge is 0.255 e. The molecule has 0 radical (unpaired) electrons. The van der Waals surface area contributed by atoms with Crippen molar-refractivity contribution in [2.75, 3.05) is 24.9 Å². The lowest BCUT2D eigenvalue weighted by molar-refractivity contribution is -0.115. The van der Waals surface area contributed by atoms with E-state index in [2.05, 4.69) is 15.6 Å². The summed E-state index contributed by atoms with van der Waals surface area (Å²) in [6.45, 7) is 1.83. The average molecular weight is 520 g/mol. The van der Waals surface area contributed by atoms with E-state index in [1.165, 1.54) is 23.1 Å². The Morgan fingerprint density at radius 3 is 2.56 bits per heavy atom. The molecule has 0 aliphatic rings. The van der Waals surface area contributed by atoms with Crippen LogP contribution in [0.15, 0.2) is 83.1 Å². The van der Waals surface area contributed by atoms with Crippen molar-refractivity contribution in [2.24, 2.45) is 0 Å². The average Bonchev–Trinajstić information content (AvgIpc) is 3.37. The second-order valence-corrected chi connectivity index (χ2v) is 9.97. The standard InChI is InChI=1S/C27H25N3O4S2/c1-17(25(31)30-27-29-23(16-35-27)22-12-4-5-13-24(22)34-3)36-21-11-7-9-19(15-21)28-26(32)18-8-6-10-20(14-18)33-2/h4-17H,1-3H3,(H,28,32)(H,29,30,31). The lowest BCUT2D eigenvalue weighted by Crippen LogP contribution is -2.22. The molecule has 1 heterocycles. The van der Waals surface area contributed by atoms with E-state index in [0.717, 1.165) is 21.9 Å². The maximum absolute atomic E-state index is 12.8. The van der Waals surface area contributed by atoms with Crippen LogP contribution in [-0.2, 0) is 4.79 Å². The normalized spacial score (nSPS) is 11.4. The number of para-hydroxylation sites is 1. The molecule has 4 aromatic rings. The molecule has 0 saturated heterocycles. The molecule has 1 unspecified atom stereocenters. The van der Waals surface area contributed by atoms with E-state index < -0.39 is 0 Å². The highest BCUT2D eigenvalue weighted by Gasteiger charge is 2.18. The van der Waals surface area contributed by atoms with Crippen LogP contribution in [0.3, 0.4) is 0 Å². The number of carbonyl (C=O) groups is 2. The summed E-state index contributed by atoms with van der Waals surface area (Å²) in [5, 5.41) is 7.81. The quantitative estimate of drug-likeness (QED) is 0.256. The number of ether oxygens (including phenoxy) is 2. The maximum Gasteiger partial charge on any atom is 0.255 e. The Hall–Kier alpha value is -3.82. The van der Waals surface area contributed by atoms with Gasteiger partial charge in [0.05, 0.1) is 25.2 Å². The molecule has 0 aliphatic carbocycles. The number of carbonyl (C=O) groups excluding carboxylic acids is 2. The lowest BCUT2D eigenvalue weighted by atomic mass is 10.1. The van der Waals surface area contributed by atoms with Gasteiger partial charge in [-0.1, -0.05) is 24.3 Å². The molecule has 7 nitrogen and oxygen atoms in total. The van der Waals surface area contributed by atoms with E-state index in [9.17, 15) is 9.59 Å². The van der Waals surface area contributed by atoms with Gasteiger partial charge in [0, 0.05) is 27.1 Å². The van der Waals surface area contributed by atoms with Crippen molar-refractivity contribution < 1.29 is 19.1 Å². The molecule has 184 valence electrons. The molecule has 3 aromatic carbocycles. The number of thiazole rings is 1. The predicted octanol–water partition coefficient (Wildman–Crippen LogP) is 6.20. The zero-order valence-corrected chi connectivity index (χ0v) is 21.6. The SMILES string of the molecule is COc1cccc(C(=O)Nc2cccc(SC(C)C(=O)Nc3nc(-c4ccccc4OC)cs3)c2)c1. The number of methoxy groups -OCH3 is 2. The summed E-state index contributed by atoms with van der Waals surface area (Å²) < 4.78 is 10.6. The zero-order chi connectivity index (χ0) is 25.5. The highest BCUT2D eigenvalue weighted by Crippen LogP contribution is 2.32. The summed E-state index contributed by atoms with van der Waals surface area (Å²) >= 11 is 2.76. The summed E-state index contributed by atoms with van der Waals surface area (Å²) in [7, 11) is 3.18. The van der Waals surface area contributed by atoms with E-state index in [-0.39, 0.29) is 17.1 Å². The number of rotatable bonds is 9. The number of nitrogens with zero attached hydrogens (tertiary/aromatic N) is 1. The first-order chi connectivity index (χ1) is 17.5. The molecule has 0 saturated carbocycles. The van der Waals surface area contributed by atoms with Crippen LogP contribution in [0, 0.1) is 0 Å². The highest BCUT2D eigenvalue weighted by atomic mass is 32.2. The topological polar surface area (TPSA) is 89.5 Å². The molecule has 0 bridgehead atoms. The van der Waals surface area contributed by atoms with Gasteiger partial charge in [0.1, 0.15) is 11.5 Å². The number of hydrogen-bond acceptors (Lipinski definition) is 7. The van der Waals surface area contributed by atoms with Gasteiger partial charge in [0.2, 0.25) is 5.91 Å². The largest absolute Gasteiger partial charge is 0.497 e. The van der Waals surface area contributed by atoms with Gasteiger partial charge in [0.15, 0.2) is 5.13 Å². The Bertz CT molecular complexity index is 1370. The molecule has 36 heavy (non-hydrogen) atoms. The van der Waals surface area contributed by atoms with E-state index in [1.54, 1.807) is 38.5 Å². The molecular formula is C27H25N3O4S2. The first-order valence-electron chi connectivity index (χ1n) is 11.1. The van der Waals surface area contributed by atoms with Crippen molar-refractivity contribution in [3.05, 3.63) is 83.7 Å². The predicted molar refractivity (Wildman–Crippen MR) is 145 cm³/mol. The van der Waals surface area contributed by atoms with Crippen LogP contribution < -0.4 is 20.1 Å². The van der Waals surface area contributed by atoms with Gasteiger partial charge < -0.3 is 20.1 Å². The molecular weight excluding hydrogens is 494 g/mol.